The van der Waals surface area contributed by atoms with E-state index in [1.165, 1.54) is 39.5 Å². The zero-order chi connectivity index (χ0) is 46.9. The Morgan fingerprint density at radius 1 is 1.14 bits per heavy atom. The van der Waals surface area contributed by atoms with Crippen LogP contribution in [0.4, 0.5) is 0 Å². The van der Waals surface area contributed by atoms with Gasteiger partial charge in [0.1, 0.15) is 24.6 Å². The van der Waals surface area contributed by atoms with Gasteiger partial charge in [-0.05, 0) is 89.7 Å². The fourth-order valence-corrected chi connectivity index (χ4v) is 7.76. The minimum absolute atomic E-state index is 0.0239. The number of nitrogens with zero attached hydrogens (tertiary/aromatic N) is 1. The lowest BCUT2D eigenvalue weighted by Gasteiger charge is -2.39. The van der Waals surface area contributed by atoms with Crippen LogP contribution in [-0.4, -0.2) is 100 Å². The Labute approximate surface area is 383 Å². The maximum atomic E-state index is 14.5. The molecule has 5 atom stereocenters. The number of hydrogen-bond donors (Lipinski definition) is 3. The van der Waals surface area contributed by atoms with Crippen LogP contribution >= 0.6 is 27.5 Å². The van der Waals surface area contributed by atoms with Crippen molar-refractivity contribution in [1.82, 2.24) is 10.3 Å². The van der Waals surface area contributed by atoms with Crippen molar-refractivity contribution < 1.29 is 57.4 Å². The zero-order valence-corrected chi connectivity index (χ0v) is 40.4. The number of benzene rings is 2. The predicted molar refractivity (Wildman–Crippen MR) is 245 cm³/mol. The highest BCUT2D eigenvalue weighted by molar-refractivity contribution is 9.12. The molecule has 3 N–H and O–H groups in total. The second-order valence-electron chi connectivity index (χ2n) is 16.3. The minimum Gasteiger partial charge on any atom is -0.492 e. The van der Waals surface area contributed by atoms with Crippen molar-refractivity contribution in [2.24, 2.45) is 0 Å². The smallest absolute Gasteiger partial charge is 0.308 e. The first kappa shape index (κ1) is 50.7. The number of aliphatic hydroxyl groups is 2. The number of rotatable bonds is 13. The third-order valence-electron chi connectivity index (χ3n) is 10.3. The Kier molecular flexibility index (Phi) is 17.4. The summed E-state index contributed by atoms with van der Waals surface area (Å²) >= 11 is 10.2. The molecule has 1 amide bonds. The Morgan fingerprint density at radius 3 is 2.41 bits per heavy atom. The number of carbonyl (C=O) groups excluding carboxylic acids is 2. The van der Waals surface area contributed by atoms with E-state index in [1.807, 2.05) is 26.9 Å². The number of ether oxygens (including phenoxy) is 7. The average Bonchev–Trinajstić information content (AvgIpc) is 3.21. The van der Waals surface area contributed by atoms with E-state index in [1.54, 1.807) is 18.2 Å². The van der Waals surface area contributed by atoms with E-state index in [9.17, 15) is 19.8 Å². The van der Waals surface area contributed by atoms with Crippen LogP contribution in [0.5, 0.6) is 28.7 Å². The fraction of sp³-hybridized carbons (Fsp3) is 0.457. The summed E-state index contributed by atoms with van der Waals surface area (Å²) in [5.74, 6) is 9.96. The number of amides is 1. The van der Waals surface area contributed by atoms with E-state index >= 15 is 0 Å². The lowest BCUT2D eigenvalue weighted by molar-refractivity contribution is -0.151. The highest BCUT2D eigenvalue weighted by Crippen LogP contribution is 2.46. The van der Waals surface area contributed by atoms with Gasteiger partial charge in [0.2, 0.25) is 5.75 Å². The fourth-order valence-electron chi connectivity index (χ4n) is 6.00. The van der Waals surface area contributed by atoms with Gasteiger partial charge in [-0.15, -0.1) is 18.8 Å². The zero-order valence-electron chi connectivity index (χ0n) is 37.0. The van der Waals surface area contributed by atoms with E-state index in [0.717, 1.165) is 0 Å². The number of pyridine rings is 1. The molecular formula is C46H54BrClN2O12Si. The van der Waals surface area contributed by atoms with Crippen LogP contribution in [0.15, 0.2) is 40.9 Å². The maximum Gasteiger partial charge on any atom is 0.308 e. The molecule has 0 aliphatic carbocycles. The van der Waals surface area contributed by atoms with Crippen LogP contribution in [0.2, 0.25) is 23.3 Å². The summed E-state index contributed by atoms with van der Waals surface area (Å²) in [6.07, 6.45) is 8.27. The normalized spacial score (nSPS) is 20.9. The molecule has 0 fully saturated rings. The second kappa shape index (κ2) is 21.6. The molecule has 2 aromatic carbocycles. The molecule has 2 bridgehead atoms. The third kappa shape index (κ3) is 12.6. The van der Waals surface area contributed by atoms with Crippen molar-refractivity contribution in [2.45, 2.75) is 102 Å². The molecule has 0 spiro atoms. The van der Waals surface area contributed by atoms with Crippen LogP contribution in [0.25, 0.3) is 10.8 Å². The molecule has 0 saturated heterocycles. The van der Waals surface area contributed by atoms with Crippen molar-refractivity contribution in [1.29, 1.82) is 0 Å². The van der Waals surface area contributed by atoms with E-state index in [2.05, 4.69) is 70.7 Å². The summed E-state index contributed by atoms with van der Waals surface area (Å²) in [6.45, 7) is 13.1. The van der Waals surface area contributed by atoms with Crippen molar-refractivity contribution in [2.75, 3.05) is 34.7 Å². The Bertz CT molecular complexity index is 2340. The molecule has 338 valence electrons. The third-order valence-corrected chi connectivity index (χ3v) is 15.5. The van der Waals surface area contributed by atoms with Gasteiger partial charge >= 0.3 is 5.97 Å². The van der Waals surface area contributed by atoms with Gasteiger partial charge in [0.25, 0.3) is 5.91 Å². The Balaban J connectivity index is 1.87. The Morgan fingerprint density at radius 2 is 1.83 bits per heavy atom. The van der Waals surface area contributed by atoms with E-state index in [0.29, 0.717) is 28.0 Å². The minimum atomic E-state index is -2.50. The summed E-state index contributed by atoms with van der Waals surface area (Å²) < 4.78 is 47.2. The van der Waals surface area contributed by atoms with Gasteiger partial charge in [-0.1, -0.05) is 50.1 Å². The predicted octanol–water partition coefficient (Wildman–Crippen LogP) is 7.26. The van der Waals surface area contributed by atoms with Gasteiger partial charge in [-0.25, -0.2) is 4.98 Å². The number of carbonyl (C=O) groups is 2. The molecule has 0 radical (unpaired) electrons. The molecule has 17 heteroatoms. The number of aliphatic hydroxyl groups excluding tert-OH is 1. The molecule has 3 aromatic rings. The molecule has 0 unspecified atom stereocenters. The number of fused-ring (bicyclic) bond motifs is 13. The lowest BCUT2D eigenvalue weighted by Crippen LogP contribution is -2.47. The number of methoxy groups -OCH3 is 3. The monoisotopic (exact) mass is 968 g/mol. The quantitative estimate of drug-likeness (QED) is 0.0514. The van der Waals surface area contributed by atoms with Gasteiger partial charge < -0.3 is 53.1 Å². The molecule has 63 heavy (non-hydrogen) atoms. The van der Waals surface area contributed by atoms with Crippen LogP contribution in [0.3, 0.4) is 0 Å². The van der Waals surface area contributed by atoms with Gasteiger partial charge in [0, 0.05) is 12.5 Å². The number of allylic oxidation sites excluding steroid dienone is 1. The molecule has 14 nitrogen and oxygen atoms in total. The molecule has 2 aliphatic rings. The van der Waals surface area contributed by atoms with Crippen LogP contribution in [0.1, 0.15) is 69.6 Å². The first-order chi connectivity index (χ1) is 29.6. The molecule has 5 rings (SSSR count). The first-order valence-electron chi connectivity index (χ1n) is 19.8. The van der Waals surface area contributed by atoms with Gasteiger partial charge in [-0.2, -0.15) is 0 Å². The summed E-state index contributed by atoms with van der Waals surface area (Å²) in [6, 6.07) is 6.73. The van der Waals surface area contributed by atoms with E-state index < -0.39 is 69.6 Å². The topological polar surface area (TPSA) is 173 Å². The SMILES string of the molecule is C#CC[C@@]1(O)C#C/C(Br)=C/[C@@H]([C@H](C#C)O[Si](C)(C)C(C)(C)C)Oc2ccc(nc2Cl)[C@H](NC(=O)c2cc3c(OC)c(OC)c(OC(C)C)cc3cc2OCOC)CC(=O)OC[C@H]1O. The molecule has 0 saturated carbocycles. The lowest BCUT2D eigenvalue weighted by atomic mass is 9.94. The van der Waals surface area contributed by atoms with E-state index in [-0.39, 0.29) is 50.3 Å². The maximum absolute atomic E-state index is 14.5. The number of esters is 1. The van der Waals surface area contributed by atoms with Gasteiger partial charge in [0.15, 0.2) is 49.2 Å². The van der Waals surface area contributed by atoms with Crippen LogP contribution in [0, 0.1) is 36.5 Å². The summed E-state index contributed by atoms with van der Waals surface area (Å²) in [5.41, 5.74) is -2.07. The van der Waals surface area contributed by atoms with Crippen molar-refractivity contribution in [3.63, 3.8) is 0 Å². The Hall–Kier alpha value is -4.96. The van der Waals surface area contributed by atoms with Gasteiger partial charge in [-0.3, -0.25) is 9.59 Å². The number of nitrogens with one attached hydrogen (secondary N) is 1. The molecule has 1 aromatic heterocycles. The van der Waals surface area contributed by atoms with Crippen LogP contribution < -0.4 is 29.0 Å². The second-order valence-corrected chi connectivity index (χ2v) is 22.3. The number of hydrogen-bond acceptors (Lipinski definition) is 13. The highest BCUT2D eigenvalue weighted by Gasteiger charge is 2.41. The molecule has 3 heterocycles. The summed E-state index contributed by atoms with van der Waals surface area (Å²) in [5, 5.41) is 26.1. The largest absolute Gasteiger partial charge is 0.492 e. The molecular weight excluding hydrogens is 916 g/mol. The van der Waals surface area contributed by atoms with Crippen molar-refractivity contribution in [3.05, 3.63) is 57.3 Å². The number of halogens is 2. The summed E-state index contributed by atoms with van der Waals surface area (Å²) in [4.78, 5) is 32.6. The highest BCUT2D eigenvalue weighted by atomic mass is 79.9. The number of terminal acetylenes is 2. The van der Waals surface area contributed by atoms with Crippen molar-refractivity contribution >= 4 is 58.5 Å². The van der Waals surface area contributed by atoms with Crippen molar-refractivity contribution in [3.8, 4) is 65.3 Å². The van der Waals surface area contributed by atoms with Crippen LogP contribution in [-0.2, 0) is 18.7 Å². The summed E-state index contributed by atoms with van der Waals surface area (Å²) in [7, 11) is 1.87. The molecule has 2 aliphatic heterocycles. The van der Waals surface area contributed by atoms with E-state index in [4.69, 9.17) is 62.0 Å². The number of aromatic nitrogens is 1. The standard InChI is InChI=1S/C46H54BrClN2O12Si/c1-13-18-46(54)19-17-29(47)22-37(34(14-2)62-63(11,12)45(5,6)7)61-35-16-15-32(49-43(35)48)33(24-40(52)58-25-39(46)51)50-44(53)31-23-30-28(20-36(31)59-26-55-8)21-38(60-27(3)4)42(57-10)41(30)56-9/h1-2,15-16,20-23,27,33-34,37,39,51,54H,18,24-26H2,3-12H3,(H,50,53)/b29-22-/t33-,34+,37+,39-,46-/m1/s1. The van der Waals surface area contributed by atoms with Gasteiger partial charge in [0.05, 0.1) is 54.9 Å². The first-order valence-corrected chi connectivity index (χ1v) is 23.9. The average molecular weight is 970 g/mol.